The molecule has 2 aromatic carbocycles. The lowest BCUT2D eigenvalue weighted by Gasteiger charge is -2.28. The Morgan fingerprint density at radius 3 is 2.35 bits per heavy atom. The first-order valence-corrected chi connectivity index (χ1v) is 8.70. The van der Waals surface area contributed by atoms with Crippen LogP contribution in [-0.4, -0.2) is 4.57 Å². The standard InChI is InChI=1S/C22H24F2N2/c1-22(2,3)21(25)20-11-16(18-12-17(23)9-10-19(18)24)14-26(20)13-15-7-5-4-6-8-15/h4-12,14,21H,13,25H2,1-3H3. The molecule has 0 fully saturated rings. The van der Waals surface area contributed by atoms with E-state index in [1.54, 1.807) is 0 Å². The van der Waals surface area contributed by atoms with Gasteiger partial charge in [-0.15, -0.1) is 0 Å². The molecule has 0 saturated heterocycles. The van der Waals surface area contributed by atoms with Crippen molar-refractivity contribution in [2.45, 2.75) is 33.4 Å². The smallest absolute Gasteiger partial charge is 0.131 e. The fourth-order valence-electron chi connectivity index (χ4n) is 3.02. The lowest BCUT2D eigenvalue weighted by molar-refractivity contribution is 0.315. The van der Waals surface area contributed by atoms with Gasteiger partial charge in [0.1, 0.15) is 11.6 Å². The van der Waals surface area contributed by atoms with Gasteiger partial charge in [0, 0.05) is 35.6 Å². The van der Waals surface area contributed by atoms with Gasteiger partial charge in [0.05, 0.1) is 0 Å². The molecule has 0 aliphatic rings. The largest absolute Gasteiger partial charge is 0.345 e. The molecule has 4 heteroatoms. The summed E-state index contributed by atoms with van der Waals surface area (Å²) in [5.74, 6) is -0.905. The Morgan fingerprint density at radius 2 is 1.69 bits per heavy atom. The van der Waals surface area contributed by atoms with Crippen molar-refractivity contribution in [1.29, 1.82) is 0 Å². The molecule has 1 heterocycles. The summed E-state index contributed by atoms with van der Waals surface area (Å²) in [6.45, 7) is 6.83. The maximum atomic E-state index is 14.3. The highest BCUT2D eigenvalue weighted by atomic mass is 19.1. The lowest BCUT2D eigenvalue weighted by Crippen LogP contribution is -2.28. The van der Waals surface area contributed by atoms with E-state index in [1.165, 1.54) is 6.07 Å². The highest BCUT2D eigenvalue weighted by Crippen LogP contribution is 2.35. The van der Waals surface area contributed by atoms with E-state index in [2.05, 4.69) is 20.8 Å². The Balaban J connectivity index is 2.09. The predicted octanol–water partition coefficient (Wildman–Crippen LogP) is 5.53. The van der Waals surface area contributed by atoms with Crippen molar-refractivity contribution in [2.75, 3.05) is 0 Å². The molecule has 0 saturated carbocycles. The Labute approximate surface area is 153 Å². The number of rotatable bonds is 4. The molecule has 0 aliphatic carbocycles. The van der Waals surface area contributed by atoms with Gasteiger partial charge in [-0.3, -0.25) is 0 Å². The van der Waals surface area contributed by atoms with Crippen LogP contribution in [0, 0.1) is 17.0 Å². The quantitative estimate of drug-likeness (QED) is 0.656. The highest BCUT2D eigenvalue weighted by molar-refractivity contribution is 5.65. The maximum absolute atomic E-state index is 14.3. The second kappa shape index (κ2) is 7.04. The molecule has 0 spiro atoms. The molecular formula is C22H24F2N2. The molecular weight excluding hydrogens is 330 g/mol. The second-order valence-electron chi connectivity index (χ2n) is 7.74. The molecule has 136 valence electrons. The van der Waals surface area contributed by atoms with E-state index in [0.29, 0.717) is 12.1 Å². The van der Waals surface area contributed by atoms with Gasteiger partial charge in [0.2, 0.25) is 0 Å². The van der Waals surface area contributed by atoms with Crippen molar-refractivity contribution in [3.05, 3.63) is 83.7 Å². The molecule has 3 aromatic rings. The van der Waals surface area contributed by atoms with Crippen LogP contribution >= 0.6 is 0 Å². The number of benzene rings is 2. The van der Waals surface area contributed by atoms with E-state index in [1.807, 2.05) is 47.2 Å². The maximum Gasteiger partial charge on any atom is 0.131 e. The van der Waals surface area contributed by atoms with Crippen LogP contribution in [0.3, 0.4) is 0 Å². The molecule has 3 rings (SSSR count). The number of hydrogen-bond acceptors (Lipinski definition) is 1. The number of nitrogens with two attached hydrogens (primary N) is 1. The first-order chi connectivity index (χ1) is 12.3. The van der Waals surface area contributed by atoms with Gasteiger partial charge in [-0.2, -0.15) is 0 Å². The van der Waals surface area contributed by atoms with E-state index < -0.39 is 11.6 Å². The van der Waals surface area contributed by atoms with Crippen LogP contribution in [0.25, 0.3) is 11.1 Å². The third kappa shape index (κ3) is 3.86. The van der Waals surface area contributed by atoms with E-state index in [0.717, 1.165) is 23.4 Å². The Kier molecular flexibility index (Phi) is 4.97. The van der Waals surface area contributed by atoms with Crippen LogP contribution in [-0.2, 0) is 6.54 Å². The first-order valence-electron chi connectivity index (χ1n) is 8.70. The third-order valence-electron chi connectivity index (χ3n) is 4.62. The molecule has 26 heavy (non-hydrogen) atoms. The fourth-order valence-corrected chi connectivity index (χ4v) is 3.02. The number of hydrogen-bond donors (Lipinski definition) is 1. The summed E-state index contributed by atoms with van der Waals surface area (Å²) in [4.78, 5) is 0. The van der Waals surface area contributed by atoms with Gasteiger partial charge in [-0.1, -0.05) is 51.1 Å². The van der Waals surface area contributed by atoms with Crippen molar-refractivity contribution in [3.63, 3.8) is 0 Å². The van der Waals surface area contributed by atoms with Gasteiger partial charge in [-0.25, -0.2) is 8.78 Å². The average Bonchev–Trinajstić information content (AvgIpc) is 2.99. The molecule has 1 unspecified atom stereocenters. The Hall–Kier alpha value is -2.46. The summed E-state index contributed by atoms with van der Waals surface area (Å²) < 4.78 is 29.9. The van der Waals surface area contributed by atoms with Crippen molar-refractivity contribution >= 4 is 0 Å². The van der Waals surface area contributed by atoms with Crippen LogP contribution in [0.1, 0.15) is 38.1 Å². The number of nitrogens with zero attached hydrogens (tertiary/aromatic N) is 1. The Bertz CT molecular complexity index is 892. The average molecular weight is 354 g/mol. The summed E-state index contributed by atoms with van der Waals surface area (Å²) in [7, 11) is 0. The SMILES string of the molecule is CC(C)(C)C(N)c1cc(-c2cc(F)ccc2F)cn1Cc1ccccc1. The number of halogens is 2. The van der Waals surface area contributed by atoms with Crippen molar-refractivity contribution in [2.24, 2.45) is 11.1 Å². The minimum Gasteiger partial charge on any atom is -0.345 e. The van der Waals surface area contributed by atoms with Gasteiger partial charge >= 0.3 is 0 Å². The predicted molar refractivity (Wildman–Crippen MR) is 102 cm³/mol. The highest BCUT2D eigenvalue weighted by Gasteiger charge is 2.26. The lowest BCUT2D eigenvalue weighted by atomic mass is 9.85. The molecule has 0 amide bonds. The number of aromatic nitrogens is 1. The second-order valence-corrected chi connectivity index (χ2v) is 7.74. The summed E-state index contributed by atoms with van der Waals surface area (Å²) in [6, 6.07) is 15.1. The molecule has 2 nitrogen and oxygen atoms in total. The monoisotopic (exact) mass is 354 g/mol. The van der Waals surface area contributed by atoms with Gasteiger partial charge < -0.3 is 10.3 Å². The zero-order chi connectivity index (χ0) is 18.9. The zero-order valence-electron chi connectivity index (χ0n) is 15.3. The minimum atomic E-state index is -0.459. The molecule has 2 N–H and O–H groups in total. The van der Waals surface area contributed by atoms with Gasteiger partial charge in [-0.05, 0) is 35.2 Å². The summed E-state index contributed by atoms with van der Waals surface area (Å²) in [5.41, 5.74) is 9.24. The van der Waals surface area contributed by atoms with Crippen LogP contribution in [0.5, 0.6) is 0 Å². The third-order valence-corrected chi connectivity index (χ3v) is 4.62. The minimum absolute atomic E-state index is 0.162. The van der Waals surface area contributed by atoms with Crippen LogP contribution in [0.2, 0.25) is 0 Å². The summed E-state index contributed by atoms with van der Waals surface area (Å²) >= 11 is 0. The molecule has 1 aromatic heterocycles. The fraction of sp³-hybridized carbons (Fsp3) is 0.273. The van der Waals surface area contributed by atoms with Crippen LogP contribution in [0.15, 0.2) is 60.8 Å². The normalized spacial score (nSPS) is 13.0. The molecule has 0 radical (unpaired) electrons. The van der Waals surface area contributed by atoms with Gasteiger partial charge in [0.15, 0.2) is 0 Å². The van der Waals surface area contributed by atoms with Gasteiger partial charge in [0.25, 0.3) is 0 Å². The van der Waals surface area contributed by atoms with Crippen molar-refractivity contribution < 1.29 is 8.78 Å². The van der Waals surface area contributed by atoms with E-state index >= 15 is 0 Å². The van der Waals surface area contributed by atoms with E-state index in [9.17, 15) is 8.78 Å². The van der Waals surface area contributed by atoms with E-state index in [4.69, 9.17) is 5.73 Å². The molecule has 0 aliphatic heterocycles. The van der Waals surface area contributed by atoms with Crippen molar-refractivity contribution in [3.8, 4) is 11.1 Å². The first kappa shape index (κ1) is 18.3. The van der Waals surface area contributed by atoms with E-state index in [-0.39, 0.29) is 17.0 Å². The Morgan fingerprint density at radius 1 is 1.00 bits per heavy atom. The van der Waals surface area contributed by atoms with Crippen LogP contribution in [0.4, 0.5) is 8.78 Å². The van der Waals surface area contributed by atoms with Crippen molar-refractivity contribution in [1.82, 2.24) is 4.57 Å². The summed E-state index contributed by atoms with van der Waals surface area (Å²) in [6.07, 6.45) is 1.85. The summed E-state index contributed by atoms with van der Waals surface area (Å²) in [5, 5.41) is 0. The zero-order valence-corrected chi connectivity index (χ0v) is 15.3. The topological polar surface area (TPSA) is 30.9 Å². The van der Waals surface area contributed by atoms with Crippen LogP contribution < -0.4 is 5.73 Å². The molecule has 1 atom stereocenters. The molecule has 0 bridgehead atoms.